The number of rotatable bonds is 2. The molecule has 3 atom stereocenters. The molecule has 0 radical (unpaired) electrons. The summed E-state index contributed by atoms with van der Waals surface area (Å²) in [5.74, 6) is 1.73. The molecule has 0 aromatic carbocycles. The first-order valence-electron chi connectivity index (χ1n) is 7.21. The molecule has 1 saturated heterocycles. The Morgan fingerprint density at radius 3 is 2.71 bits per heavy atom. The van der Waals surface area contributed by atoms with E-state index in [0.29, 0.717) is 24.3 Å². The summed E-state index contributed by atoms with van der Waals surface area (Å²) in [6, 6.07) is 0. The minimum atomic E-state index is 0.221. The van der Waals surface area contributed by atoms with Crippen LogP contribution in [0.4, 0.5) is 0 Å². The van der Waals surface area contributed by atoms with E-state index in [4.69, 9.17) is 5.73 Å². The van der Waals surface area contributed by atoms with Crippen LogP contribution in [-0.4, -0.2) is 30.4 Å². The van der Waals surface area contributed by atoms with Crippen LogP contribution in [0.2, 0.25) is 0 Å². The summed E-state index contributed by atoms with van der Waals surface area (Å²) in [4.78, 5) is 14.6. The van der Waals surface area contributed by atoms with Gasteiger partial charge in [-0.15, -0.1) is 0 Å². The summed E-state index contributed by atoms with van der Waals surface area (Å²) in [5.41, 5.74) is 5.82. The van der Waals surface area contributed by atoms with Gasteiger partial charge in [0.15, 0.2) is 0 Å². The lowest BCUT2D eigenvalue weighted by atomic mass is 9.78. The Bertz CT molecular complexity index is 267. The number of hydrogen-bond donors (Lipinski definition) is 1. The average Bonchev–Trinajstić information content (AvgIpc) is 2.38. The normalized spacial score (nSPS) is 34.7. The van der Waals surface area contributed by atoms with Crippen LogP contribution in [-0.2, 0) is 4.79 Å². The molecule has 3 heteroatoms. The predicted octanol–water partition coefficient (Wildman–Crippen LogP) is 2.01. The van der Waals surface area contributed by atoms with Gasteiger partial charge < -0.3 is 10.6 Å². The topological polar surface area (TPSA) is 46.3 Å². The lowest BCUT2D eigenvalue weighted by Gasteiger charge is -2.37. The SMILES string of the molecule is CC1CCCN(C(=O)C2CCCCC2CN)C1. The van der Waals surface area contributed by atoms with E-state index in [0.717, 1.165) is 25.9 Å². The van der Waals surface area contributed by atoms with Crippen molar-refractivity contribution < 1.29 is 4.79 Å². The number of amides is 1. The highest BCUT2D eigenvalue weighted by molar-refractivity contribution is 5.79. The van der Waals surface area contributed by atoms with Crippen molar-refractivity contribution in [2.45, 2.75) is 45.4 Å². The summed E-state index contributed by atoms with van der Waals surface area (Å²) >= 11 is 0. The second-order valence-corrected chi connectivity index (χ2v) is 5.92. The third-order valence-corrected chi connectivity index (χ3v) is 4.50. The summed E-state index contributed by atoms with van der Waals surface area (Å²) < 4.78 is 0. The Morgan fingerprint density at radius 1 is 1.24 bits per heavy atom. The zero-order valence-electron chi connectivity index (χ0n) is 11.0. The van der Waals surface area contributed by atoms with Crippen molar-refractivity contribution in [2.24, 2.45) is 23.5 Å². The molecular weight excluding hydrogens is 212 g/mol. The van der Waals surface area contributed by atoms with Crippen LogP contribution in [0, 0.1) is 17.8 Å². The maximum absolute atomic E-state index is 12.5. The first-order chi connectivity index (χ1) is 8.22. The monoisotopic (exact) mass is 238 g/mol. The summed E-state index contributed by atoms with van der Waals surface area (Å²) in [7, 11) is 0. The molecule has 0 aromatic rings. The number of nitrogens with zero attached hydrogens (tertiary/aromatic N) is 1. The molecule has 0 spiro atoms. The summed E-state index contributed by atoms with van der Waals surface area (Å²) in [6.07, 6.45) is 7.11. The van der Waals surface area contributed by atoms with Crippen molar-refractivity contribution in [3.05, 3.63) is 0 Å². The quantitative estimate of drug-likeness (QED) is 0.800. The molecule has 1 amide bonds. The average molecular weight is 238 g/mol. The van der Waals surface area contributed by atoms with Crippen LogP contribution >= 0.6 is 0 Å². The molecular formula is C14H26N2O. The van der Waals surface area contributed by atoms with Crippen molar-refractivity contribution in [1.29, 1.82) is 0 Å². The molecule has 3 unspecified atom stereocenters. The van der Waals surface area contributed by atoms with Crippen molar-refractivity contribution >= 4 is 5.91 Å². The number of hydrogen-bond acceptors (Lipinski definition) is 2. The van der Waals surface area contributed by atoms with E-state index in [1.54, 1.807) is 0 Å². The van der Waals surface area contributed by atoms with Gasteiger partial charge in [-0.25, -0.2) is 0 Å². The number of likely N-dealkylation sites (tertiary alicyclic amines) is 1. The van der Waals surface area contributed by atoms with Gasteiger partial charge in [-0.2, -0.15) is 0 Å². The van der Waals surface area contributed by atoms with Gasteiger partial charge in [0.2, 0.25) is 5.91 Å². The Kier molecular flexibility index (Phi) is 4.43. The van der Waals surface area contributed by atoms with Gasteiger partial charge in [-0.1, -0.05) is 19.8 Å². The largest absolute Gasteiger partial charge is 0.342 e. The summed E-state index contributed by atoms with van der Waals surface area (Å²) in [6.45, 7) is 4.87. The van der Waals surface area contributed by atoms with E-state index in [-0.39, 0.29) is 5.92 Å². The smallest absolute Gasteiger partial charge is 0.226 e. The van der Waals surface area contributed by atoms with E-state index in [9.17, 15) is 4.79 Å². The van der Waals surface area contributed by atoms with E-state index >= 15 is 0 Å². The number of nitrogens with two attached hydrogens (primary N) is 1. The molecule has 1 heterocycles. The van der Waals surface area contributed by atoms with Crippen LogP contribution < -0.4 is 5.73 Å². The number of carbonyl (C=O) groups is 1. The highest BCUT2D eigenvalue weighted by atomic mass is 16.2. The Hall–Kier alpha value is -0.570. The fourth-order valence-corrected chi connectivity index (χ4v) is 3.44. The second-order valence-electron chi connectivity index (χ2n) is 5.92. The van der Waals surface area contributed by atoms with Crippen LogP contribution in [0.5, 0.6) is 0 Å². The van der Waals surface area contributed by atoms with E-state index in [1.807, 2.05) is 0 Å². The zero-order valence-corrected chi connectivity index (χ0v) is 11.0. The fourth-order valence-electron chi connectivity index (χ4n) is 3.44. The van der Waals surface area contributed by atoms with E-state index in [1.165, 1.54) is 25.7 Å². The van der Waals surface area contributed by atoms with Gasteiger partial charge in [0, 0.05) is 19.0 Å². The van der Waals surface area contributed by atoms with Crippen molar-refractivity contribution in [3.8, 4) is 0 Å². The van der Waals surface area contributed by atoms with Gasteiger partial charge in [0.05, 0.1) is 0 Å². The molecule has 0 bridgehead atoms. The number of carbonyl (C=O) groups excluding carboxylic acids is 1. The highest BCUT2D eigenvalue weighted by Crippen LogP contribution is 2.31. The van der Waals surface area contributed by atoms with Crippen molar-refractivity contribution in [1.82, 2.24) is 4.90 Å². The minimum absolute atomic E-state index is 0.221. The van der Waals surface area contributed by atoms with Crippen LogP contribution in [0.25, 0.3) is 0 Å². The first-order valence-corrected chi connectivity index (χ1v) is 7.21. The van der Waals surface area contributed by atoms with Crippen molar-refractivity contribution in [2.75, 3.05) is 19.6 Å². The minimum Gasteiger partial charge on any atom is -0.342 e. The van der Waals surface area contributed by atoms with Gasteiger partial charge >= 0.3 is 0 Å². The third kappa shape index (κ3) is 3.01. The van der Waals surface area contributed by atoms with Gasteiger partial charge in [0.1, 0.15) is 0 Å². The molecule has 2 aliphatic rings. The Morgan fingerprint density at radius 2 is 2.00 bits per heavy atom. The second kappa shape index (κ2) is 5.85. The molecule has 17 heavy (non-hydrogen) atoms. The molecule has 2 N–H and O–H groups in total. The lowest BCUT2D eigenvalue weighted by Crippen LogP contribution is -2.46. The molecule has 2 rings (SSSR count). The van der Waals surface area contributed by atoms with Crippen molar-refractivity contribution in [3.63, 3.8) is 0 Å². The first kappa shape index (κ1) is 12.9. The molecule has 2 fully saturated rings. The van der Waals surface area contributed by atoms with Gasteiger partial charge in [0.25, 0.3) is 0 Å². The fraction of sp³-hybridized carbons (Fsp3) is 0.929. The standard InChI is InChI=1S/C14H26N2O/c1-11-5-4-8-16(10-11)14(17)13-7-3-2-6-12(13)9-15/h11-13H,2-10,15H2,1H3. The van der Waals surface area contributed by atoms with Gasteiger partial charge in [-0.05, 0) is 44.1 Å². The van der Waals surface area contributed by atoms with E-state index < -0.39 is 0 Å². The molecule has 1 aliphatic carbocycles. The molecule has 3 nitrogen and oxygen atoms in total. The molecule has 0 aromatic heterocycles. The maximum atomic E-state index is 12.5. The van der Waals surface area contributed by atoms with E-state index in [2.05, 4.69) is 11.8 Å². The molecule has 98 valence electrons. The Labute approximate surface area is 105 Å². The maximum Gasteiger partial charge on any atom is 0.226 e. The lowest BCUT2D eigenvalue weighted by molar-refractivity contribution is -0.140. The highest BCUT2D eigenvalue weighted by Gasteiger charge is 2.34. The Balaban J connectivity index is 1.97. The summed E-state index contributed by atoms with van der Waals surface area (Å²) in [5, 5.41) is 0. The van der Waals surface area contributed by atoms with Gasteiger partial charge in [-0.3, -0.25) is 4.79 Å². The van der Waals surface area contributed by atoms with Crippen LogP contribution in [0.3, 0.4) is 0 Å². The predicted molar refractivity (Wildman–Crippen MR) is 69.5 cm³/mol. The van der Waals surface area contributed by atoms with Crippen LogP contribution in [0.15, 0.2) is 0 Å². The molecule has 1 saturated carbocycles. The van der Waals surface area contributed by atoms with Crippen LogP contribution in [0.1, 0.15) is 45.4 Å². The third-order valence-electron chi connectivity index (χ3n) is 4.50. The number of piperidine rings is 1. The zero-order chi connectivity index (χ0) is 12.3. The molecule has 1 aliphatic heterocycles.